The lowest BCUT2D eigenvalue weighted by Crippen LogP contribution is -2.24. The average Bonchev–Trinajstić information content (AvgIpc) is 3.29. The zero-order chi connectivity index (χ0) is 29.0. The van der Waals surface area contributed by atoms with Gasteiger partial charge >= 0.3 is 0 Å². The van der Waals surface area contributed by atoms with Gasteiger partial charge in [0.15, 0.2) is 40.6 Å². The second-order valence-electron chi connectivity index (χ2n) is 9.91. The van der Waals surface area contributed by atoms with Crippen molar-refractivity contribution in [2.75, 3.05) is 35.5 Å². The van der Waals surface area contributed by atoms with Crippen LogP contribution < -0.4 is 28.4 Å². The summed E-state index contributed by atoms with van der Waals surface area (Å²) in [6, 6.07) is 16.7. The normalized spacial score (nSPS) is 20.9. The van der Waals surface area contributed by atoms with Crippen molar-refractivity contribution in [1.29, 1.82) is 0 Å². The zero-order valence-electron chi connectivity index (χ0n) is 24.3. The molecule has 0 spiro atoms. The summed E-state index contributed by atoms with van der Waals surface area (Å²) in [4.78, 5) is 13.1. The van der Waals surface area contributed by atoms with Gasteiger partial charge in [0.05, 0.1) is 47.8 Å². The SMILES string of the molecule is COc1ccc(C(=O)[C@@H](C)Oc2ccc([C@H]3O[C@H](c4ccc(OC)c(OC)c4)[C@H](C)[C@H]3C)cc2OC)cc1OC. The third kappa shape index (κ3) is 5.68. The summed E-state index contributed by atoms with van der Waals surface area (Å²) in [6.45, 7) is 6.10. The van der Waals surface area contributed by atoms with Crippen LogP contribution in [0.3, 0.4) is 0 Å². The Hall–Kier alpha value is -3.91. The second kappa shape index (κ2) is 12.5. The van der Waals surface area contributed by atoms with Crippen LogP contribution in [-0.2, 0) is 4.74 Å². The average molecular weight is 551 g/mol. The van der Waals surface area contributed by atoms with E-state index < -0.39 is 6.10 Å². The van der Waals surface area contributed by atoms with Gasteiger partial charge in [-0.25, -0.2) is 0 Å². The van der Waals surface area contributed by atoms with Gasteiger partial charge in [0.2, 0.25) is 5.78 Å². The smallest absolute Gasteiger partial charge is 0.203 e. The third-order valence-electron chi connectivity index (χ3n) is 7.67. The molecule has 8 heteroatoms. The Morgan fingerprint density at radius 1 is 0.625 bits per heavy atom. The lowest BCUT2D eigenvalue weighted by atomic mass is 9.85. The molecule has 3 aromatic rings. The van der Waals surface area contributed by atoms with E-state index in [2.05, 4.69) is 13.8 Å². The molecule has 3 aromatic carbocycles. The van der Waals surface area contributed by atoms with Gasteiger partial charge in [-0.2, -0.15) is 0 Å². The summed E-state index contributed by atoms with van der Waals surface area (Å²) in [5.74, 6) is 3.69. The van der Waals surface area contributed by atoms with E-state index in [1.165, 1.54) is 7.11 Å². The maximum Gasteiger partial charge on any atom is 0.203 e. The first-order chi connectivity index (χ1) is 19.3. The number of ether oxygens (including phenoxy) is 7. The number of benzene rings is 3. The molecule has 1 heterocycles. The van der Waals surface area contributed by atoms with Crippen molar-refractivity contribution in [3.63, 3.8) is 0 Å². The fourth-order valence-electron chi connectivity index (χ4n) is 5.18. The van der Waals surface area contributed by atoms with Crippen molar-refractivity contribution < 1.29 is 38.0 Å². The van der Waals surface area contributed by atoms with Crippen LogP contribution in [0.4, 0.5) is 0 Å². The highest BCUT2D eigenvalue weighted by atomic mass is 16.5. The Labute approximate surface area is 236 Å². The molecular formula is C32H38O8. The molecule has 0 aromatic heterocycles. The molecule has 0 aliphatic carbocycles. The Morgan fingerprint density at radius 2 is 1.05 bits per heavy atom. The predicted octanol–water partition coefficient (Wildman–Crippen LogP) is 6.46. The first-order valence-corrected chi connectivity index (χ1v) is 13.2. The highest BCUT2D eigenvalue weighted by Gasteiger charge is 2.41. The zero-order valence-corrected chi connectivity index (χ0v) is 24.3. The molecule has 1 fully saturated rings. The second-order valence-corrected chi connectivity index (χ2v) is 9.91. The van der Waals surface area contributed by atoms with Crippen molar-refractivity contribution in [1.82, 2.24) is 0 Å². The standard InChI is InChI=1S/C32H38O8/c1-18-19(2)32(40-31(18)22-10-13-25(35-5)28(16-22)37-7)23-11-14-26(29(17-23)38-8)39-20(3)30(33)21-9-12-24(34-4)27(15-21)36-6/h9-20,31-32H,1-8H3/t18-,19-,20-,31+,32+/m1/s1. The lowest BCUT2D eigenvalue weighted by molar-refractivity contribution is 0.0287. The molecule has 0 amide bonds. The first-order valence-electron chi connectivity index (χ1n) is 13.2. The minimum absolute atomic E-state index is 0.110. The maximum absolute atomic E-state index is 13.1. The molecule has 1 aliphatic heterocycles. The molecule has 0 N–H and O–H groups in total. The van der Waals surface area contributed by atoms with Crippen molar-refractivity contribution in [2.45, 2.75) is 39.1 Å². The van der Waals surface area contributed by atoms with Crippen molar-refractivity contribution >= 4 is 5.78 Å². The molecule has 5 atom stereocenters. The van der Waals surface area contributed by atoms with E-state index in [9.17, 15) is 4.79 Å². The summed E-state index contributed by atoms with van der Waals surface area (Å²) < 4.78 is 39.9. The molecule has 4 rings (SSSR count). The van der Waals surface area contributed by atoms with Gasteiger partial charge in [-0.15, -0.1) is 0 Å². The van der Waals surface area contributed by atoms with Crippen molar-refractivity contribution in [3.05, 3.63) is 71.3 Å². The molecule has 214 valence electrons. The number of rotatable bonds is 11. The molecule has 0 unspecified atom stereocenters. The van der Waals surface area contributed by atoms with E-state index in [1.54, 1.807) is 53.6 Å². The summed E-state index contributed by atoms with van der Waals surface area (Å²) in [5.41, 5.74) is 2.48. The van der Waals surface area contributed by atoms with Crippen molar-refractivity contribution in [3.8, 4) is 34.5 Å². The van der Waals surface area contributed by atoms with Crippen LogP contribution in [0.25, 0.3) is 0 Å². The van der Waals surface area contributed by atoms with Gasteiger partial charge in [-0.3, -0.25) is 4.79 Å². The molecular weight excluding hydrogens is 512 g/mol. The number of ketones is 1. The predicted molar refractivity (Wildman–Crippen MR) is 151 cm³/mol. The minimum atomic E-state index is -0.756. The van der Waals surface area contributed by atoms with Gasteiger partial charge in [-0.1, -0.05) is 26.0 Å². The van der Waals surface area contributed by atoms with Crippen LogP contribution in [-0.4, -0.2) is 47.4 Å². The molecule has 1 aliphatic rings. The van der Waals surface area contributed by atoms with Gasteiger partial charge in [-0.05, 0) is 72.4 Å². The van der Waals surface area contributed by atoms with Gasteiger partial charge in [0, 0.05) is 5.56 Å². The largest absolute Gasteiger partial charge is 0.493 e. The van der Waals surface area contributed by atoms with E-state index in [1.807, 2.05) is 36.4 Å². The van der Waals surface area contributed by atoms with Gasteiger partial charge in [0.25, 0.3) is 0 Å². The van der Waals surface area contributed by atoms with E-state index in [0.717, 1.165) is 11.1 Å². The van der Waals surface area contributed by atoms with Gasteiger partial charge < -0.3 is 33.2 Å². The molecule has 0 radical (unpaired) electrons. The van der Waals surface area contributed by atoms with Crippen LogP contribution in [0.1, 0.15) is 54.5 Å². The van der Waals surface area contributed by atoms with Crippen LogP contribution >= 0.6 is 0 Å². The molecule has 1 saturated heterocycles. The minimum Gasteiger partial charge on any atom is -0.493 e. The van der Waals surface area contributed by atoms with E-state index in [4.69, 9.17) is 33.2 Å². The molecule has 0 saturated carbocycles. The quantitative estimate of drug-likeness (QED) is 0.252. The maximum atomic E-state index is 13.1. The first kappa shape index (κ1) is 29.1. The van der Waals surface area contributed by atoms with Crippen molar-refractivity contribution in [2.24, 2.45) is 11.8 Å². The van der Waals surface area contributed by atoms with E-state index in [-0.39, 0.29) is 29.8 Å². The Bertz CT molecular complexity index is 1340. The third-order valence-corrected chi connectivity index (χ3v) is 7.67. The summed E-state index contributed by atoms with van der Waals surface area (Å²) in [6.07, 6.45) is -1.02. The highest BCUT2D eigenvalue weighted by Crippen LogP contribution is 2.50. The Morgan fingerprint density at radius 3 is 1.55 bits per heavy atom. The topological polar surface area (TPSA) is 81.7 Å². The summed E-state index contributed by atoms with van der Waals surface area (Å²) in [5, 5.41) is 0. The number of carbonyl (C=O) groups is 1. The molecule has 8 nitrogen and oxygen atoms in total. The Kier molecular flexibility index (Phi) is 9.10. The number of methoxy groups -OCH3 is 5. The van der Waals surface area contributed by atoms with Gasteiger partial charge in [0.1, 0.15) is 0 Å². The Balaban J connectivity index is 1.52. The number of Topliss-reactive ketones (excluding diaryl/α,β-unsaturated/α-hetero) is 1. The van der Waals surface area contributed by atoms with Crippen LogP contribution in [0.5, 0.6) is 34.5 Å². The number of hydrogen-bond donors (Lipinski definition) is 0. The highest BCUT2D eigenvalue weighted by molar-refractivity contribution is 6.00. The van der Waals surface area contributed by atoms with E-state index >= 15 is 0 Å². The number of carbonyl (C=O) groups excluding carboxylic acids is 1. The van der Waals surface area contributed by atoms with Crippen LogP contribution in [0, 0.1) is 11.8 Å². The van der Waals surface area contributed by atoms with E-state index in [0.29, 0.717) is 40.1 Å². The van der Waals surface area contributed by atoms with Crippen LogP contribution in [0.2, 0.25) is 0 Å². The summed E-state index contributed by atoms with van der Waals surface area (Å²) >= 11 is 0. The lowest BCUT2D eigenvalue weighted by Gasteiger charge is -2.20. The molecule has 0 bridgehead atoms. The molecule has 40 heavy (non-hydrogen) atoms. The fraction of sp³-hybridized carbons (Fsp3) is 0.406. The summed E-state index contributed by atoms with van der Waals surface area (Å²) in [7, 11) is 7.92. The van der Waals surface area contributed by atoms with Crippen LogP contribution in [0.15, 0.2) is 54.6 Å². The fourth-order valence-corrected chi connectivity index (χ4v) is 5.18. The number of hydrogen-bond acceptors (Lipinski definition) is 8. The monoisotopic (exact) mass is 550 g/mol.